The molecule has 0 atom stereocenters. The lowest BCUT2D eigenvalue weighted by Crippen LogP contribution is -2.12. The molecule has 0 aromatic carbocycles. The number of carbonyl (C=O) groups is 2. The van der Waals surface area contributed by atoms with Gasteiger partial charge in [-0.2, -0.15) is 0 Å². The van der Waals surface area contributed by atoms with Gasteiger partial charge >= 0.3 is 5.97 Å². The third-order valence-corrected chi connectivity index (χ3v) is 0.478. The number of rotatable bonds is 3. The fourth-order valence-electron chi connectivity index (χ4n) is 0.188. The zero-order chi connectivity index (χ0) is 6.57. The zero-order valence-electron chi connectivity index (χ0n) is 4.13. The first kappa shape index (κ1) is 6.94. The van der Waals surface area contributed by atoms with Gasteiger partial charge in [0.2, 0.25) is 5.91 Å². The molecule has 0 saturated carbocycles. The number of amides is 1. The Kier molecular flexibility index (Phi) is 2.61. The fraction of sp³-hybridized carbons (Fsp3) is 0.250. The molecule has 0 aliphatic carbocycles. The summed E-state index contributed by atoms with van der Waals surface area (Å²) in [4.78, 5) is 19.5. The molecule has 8 heavy (non-hydrogen) atoms. The van der Waals surface area contributed by atoms with Gasteiger partial charge in [-0.1, -0.05) is 0 Å². The minimum Gasteiger partial charge on any atom is -0.481 e. The average molecular weight is 116 g/mol. The van der Waals surface area contributed by atoms with E-state index in [-0.39, 0.29) is 6.42 Å². The monoisotopic (exact) mass is 116 g/mol. The van der Waals surface area contributed by atoms with E-state index in [1.54, 1.807) is 0 Å². The van der Waals surface area contributed by atoms with Crippen LogP contribution in [0.4, 0.5) is 0 Å². The Morgan fingerprint density at radius 1 is 1.62 bits per heavy atom. The number of primary amides is 1. The molecule has 0 aromatic rings. The molecule has 0 unspecified atom stereocenters. The molecule has 0 aliphatic heterocycles. The van der Waals surface area contributed by atoms with E-state index in [9.17, 15) is 9.59 Å². The third kappa shape index (κ3) is 4.94. The number of hydrogen-bond acceptors (Lipinski definition) is 2. The van der Waals surface area contributed by atoms with Gasteiger partial charge in [0.15, 0.2) is 0 Å². The molecule has 0 bridgehead atoms. The van der Waals surface area contributed by atoms with Crippen molar-refractivity contribution in [3.8, 4) is 0 Å². The smallest absolute Gasteiger partial charge is 0.307 e. The second-order valence-electron chi connectivity index (χ2n) is 1.21. The van der Waals surface area contributed by atoms with Crippen molar-refractivity contribution in [3.63, 3.8) is 0 Å². The molecule has 3 N–H and O–H groups in total. The highest BCUT2D eigenvalue weighted by molar-refractivity contribution is 5.85. The zero-order valence-corrected chi connectivity index (χ0v) is 4.13. The molecule has 4 nitrogen and oxygen atoms in total. The Bertz CT molecular complexity index is 95.9. The molecule has 0 fully saturated rings. The van der Waals surface area contributed by atoms with Crippen LogP contribution >= 0.6 is 0 Å². The van der Waals surface area contributed by atoms with Crippen LogP contribution in [-0.2, 0) is 9.59 Å². The van der Waals surface area contributed by atoms with Crippen LogP contribution in [0.5, 0.6) is 0 Å². The second-order valence-corrected chi connectivity index (χ2v) is 1.21. The maximum Gasteiger partial charge on any atom is 0.307 e. The number of nitrogens with two attached hydrogens (primary N) is 1. The van der Waals surface area contributed by atoms with Crippen LogP contribution in [0.15, 0.2) is 0 Å². The summed E-state index contributed by atoms with van der Waals surface area (Å²) in [7, 11) is 0. The van der Waals surface area contributed by atoms with Crippen LogP contribution in [-0.4, -0.2) is 17.0 Å². The highest BCUT2D eigenvalue weighted by Gasteiger charge is 1.99. The molecule has 1 radical (unpaired) electrons. The van der Waals surface area contributed by atoms with Gasteiger partial charge in [0.05, 0.1) is 6.42 Å². The predicted molar refractivity (Wildman–Crippen MR) is 25.7 cm³/mol. The van der Waals surface area contributed by atoms with E-state index < -0.39 is 11.9 Å². The SMILES string of the molecule is NC(=O)C[CH]C(=O)O. The van der Waals surface area contributed by atoms with Gasteiger partial charge in [-0.15, -0.1) is 0 Å². The second kappa shape index (κ2) is 3.01. The van der Waals surface area contributed by atoms with Crippen molar-refractivity contribution in [1.82, 2.24) is 0 Å². The topological polar surface area (TPSA) is 80.4 Å². The predicted octanol–water partition coefficient (Wildman–Crippen LogP) is -0.849. The van der Waals surface area contributed by atoms with Crippen LogP contribution in [0, 0.1) is 6.42 Å². The lowest BCUT2D eigenvalue weighted by Gasteiger charge is -1.85. The van der Waals surface area contributed by atoms with Gasteiger partial charge in [0.1, 0.15) is 0 Å². The van der Waals surface area contributed by atoms with Crippen molar-refractivity contribution in [3.05, 3.63) is 6.42 Å². The van der Waals surface area contributed by atoms with Gasteiger partial charge in [-0.05, 0) is 0 Å². The van der Waals surface area contributed by atoms with Crippen LogP contribution in [0.1, 0.15) is 6.42 Å². The molecule has 0 rings (SSSR count). The van der Waals surface area contributed by atoms with Crippen molar-refractivity contribution in [2.24, 2.45) is 5.73 Å². The Morgan fingerprint density at radius 2 is 2.12 bits per heavy atom. The van der Waals surface area contributed by atoms with E-state index >= 15 is 0 Å². The van der Waals surface area contributed by atoms with Gasteiger partial charge in [0.25, 0.3) is 0 Å². The Morgan fingerprint density at radius 3 is 2.25 bits per heavy atom. The van der Waals surface area contributed by atoms with E-state index in [4.69, 9.17) is 5.11 Å². The Labute approximate surface area is 46.3 Å². The van der Waals surface area contributed by atoms with Gasteiger partial charge in [-0.25, -0.2) is 0 Å². The normalized spacial score (nSPS) is 8.50. The quantitative estimate of drug-likeness (QED) is 0.504. The minimum absolute atomic E-state index is 0.199. The summed E-state index contributed by atoms with van der Waals surface area (Å²) in [5, 5.41) is 7.90. The van der Waals surface area contributed by atoms with Crippen molar-refractivity contribution in [2.45, 2.75) is 6.42 Å². The number of hydrogen-bond donors (Lipinski definition) is 2. The molecule has 0 aliphatic rings. The van der Waals surface area contributed by atoms with E-state index in [2.05, 4.69) is 5.73 Å². The molecular weight excluding hydrogens is 110 g/mol. The minimum atomic E-state index is -1.12. The van der Waals surface area contributed by atoms with Gasteiger partial charge in [0, 0.05) is 6.42 Å². The number of aliphatic carboxylic acids is 1. The molecule has 1 amide bonds. The van der Waals surface area contributed by atoms with Crippen molar-refractivity contribution in [2.75, 3.05) is 0 Å². The van der Waals surface area contributed by atoms with E-state index in [0.29, 0.717) is 0 Å². The maximum absolute atomic E-state index is 9.83. The summed E-state index contributed by atoms with van der Waals surface area (Å²) in [5.41, 5.74) is 4.61. The summed E-state index contributed by atoms with van der Waals surface area (Å²) in [6, 6.07) is 0. The summed E-state index contributed by atoms with van der Waals surface area (Å²) >= 11 is 0. The maximum atomic E-state index is 9.83. The first-order chi connectivity index (χ1) is 3.63. The van der Waals surface area contributed by atoms with Crippen LogP contribution in [0.25, 0.3) is 0 Å². The van der Waals surface area contributed by atoms with E-state index in [0.717, 1.165) is 6.42 Å². The highest BCUT2D eigenvalue weighted by Crippen LogP contribution is 1.82. The Balaban J connectivity index is 3.18. The lowest BCUT2D eigenvalue weighted by atomic mass is 10.3. The largest absolute Gasteiger partial charge is 0.481 e. The average Bonchev–Trinajstić information content (AvgIpc) is 1.61. The van der Waals surface area contributed by atoms with Crippen molar-refractivity contribution < 1.29 is 14.7 Å². The van der Waals surface area contributed by atoms with Crippen molar-refractivity contribution in [1.29, 1.82) is 0 Å². The Hall–Kier alpha value is -1.06. The number of carbonyl (C=O) groups excluding carboxylic acids is 1. The fourth-order valence-corrected chi connectivity index (χ4v) is 0.188. The first-order valence-corrected chi connectivity index (χ1v) is 1.97. The summed E-state index contributed by atoms with van der Waals surface area (Å²) < 4.78 is 0. The third-order valence-electron chi connectivity index (χ3n) is 0.478. The van der Waals surface area contributed by atoms with E-state index in [1.165, 1.54) is 0 Å². The van der Waals surface area contributed by atoms with Gasteiger partial charge < -0.3 is 10.8 Å². The van der Waals surface area contributed by atoms with Crippen LogP contribution in [0.2, 0.25) is 0 Å². The molecule has 45 valence electrons. The summed E-state index contributed by atoms with van der Waals surface area (Å²) in [6.07, 6.45) is 0.609. The number of carboxylic acids is 1. The standard InChI is InChI=1S/C4H6NO3/c5-3(6)1-2-4(7)8/h2H,1H2,(H2,5,6)(H,7,8). The molecule has 0 saturated heterocycles. The molecule has 0 heterocycles. The summed E-state index contributed by atoms with van der Waals surface area (Å²) in [5.74, 6) is -1.75. The summed E-state index contributed by atoms with van der Waals surface area (Å²) in [6.45, 7) is 0. The lowest BCUT2D eigenvalue weighted by molar-refractivity contribution is -0.134. The molecular formula is C4H6NO3. The molecule has 4 heteroatoms. The van der Waals surface area contributed by atoms with Gasteiger partial charge in [-0.3, -0.25) is 9.59 Å². The van der Waals surface area contributed by atoms with Crippen molar-refractivity contribution >= 4 is 11.9 Å². The molecule has 0 aromatic heterocycles. The van der Waals surface area contributed by atoms with Crippen LogP contribution < -0.4 is 5.73 Å². The number of carboxylic acid groups (broad SMARTS) is 1. The van der Waals surface area contributed by atoms with Crippen LogP contribution in [0.3, 0.4) is 0 Å². The first-order valence-electron chi connectivity index (χ1n) is 1.97. The molecule has 0 spiro atoms. The van der Waals surface area contributed by atoms with E-state index in [1.807, 2.05) is 0 Å². The highest BCUT2D eigenvalue weighted by atomic mass is 16.4.